The van der Waals surface area contributed by atoms with Crippen molar-refractivity contribution in [1.29, 1.82) is 0 Å². The van der Waals surface area contributed by atoms with Crippen molar-refractivity contribution in [1.82, 2.24) is 5.32 Å². The van der Waals surface area contributed by atoms with Gasteiger partial charge in [-0.3, -0.25) is 9.59 Å². The van der Waals surface area contributed by atoms with Crippen molar-refractivity contribution in [3.05, 3.63) is 58.1 Å². The lowest BCUT2D eigenvalue weighted by Gasteiger charge is -2.29. The second-order valence-corrected chi connectivity index (χ2v) is 9.20. The van der Waals surface area contributed by atoms with Crippen LogP contribution in [0.1, 0.15) is 59.4 Å². The van der Waals surface area contributed by atoms with Crippen molar-refractivity contribution in [2.75, 3.05) is 18.5 Å². The summed E-state index contributed by atoms with van der Waals surface area (Å²) < 4.78 is 46.9. The third kappa shape index (κ3) is 5.15. The Hall–Kier alpha value is -3.07. The molecule has 2 aliphatic rings. The van der Waals surface area contributed by atoms with E-state index in [1.807, 2.05) is 6.92 Å². The largest absolute Gasteiger partial charge is 0.489 e. The summed E-state index contributed by atoms with van der Waals surface area (Å²) in [5, 5.41) is 11.8. The molecule has 1 unspecified atom stereocenters. The first-order chi connectivity index (χ1) is 16.6. The number of rotatable bonds is 8. The van der Waals surface area contributed by atoms with Gasteiger partial charge in [-0.1, -0.05) is 18.6 Å². The molecule has 1 aliphatic carbocycles. The van der Waals surface area contributed by atoms with Crippen LogP contribution in [0.3, 0.4) is 0 Å². The van der Waals surface area contributed by atoms with Crippen LogP contribution in [-0.2, 0) is 28.8 Å². The predicted molar refractivity (Wildman–Crippen MR) is 125 cm³/mol. The van der Waals surface area contributed by atoms with E-state index in [1.54, 1.807) is 29.2 Å². The molecule has 2 aromatic carbocycles. The van der Waals surface area contributed by atoms with Gasteiger partial charge in [-0.15, -0.1) is 0 Å². The van der Waals surface area contributed by atoms with Crippen LogP contribution in [0.5, 0.6) is 5.75 Å². The Kier molecular flexibility index (Phi) is 7.07. The molecule has 0 aromatic heterocycles. The number of alkyl halides is 3. The lowest BCUT2D eigenvalue weighted by atomic mass is 9.78. The molecule has 2 aromatic rings. The molecular weight excluding hydrogens is 461 g/mol. The Labute approximate surface area is 202 Å². The molecule has 1 aliphatic heterocycles. The first-order valence-corrected chi connectivity index (χ1v) is 11.8. The molecular formula is C26H29F3N2O4. The third-order valence-corrected chi connectivity index (χ3v) is 7.09. The van der Waals surface area contributed by atoms with E-state index in [0.29, 0.717) is 35.5 Å². The number of carboxylic acid groups (broad SMARTS) is 1. The molecule has 4 rings (SSSR count). The highest BCUT2D eigenvalue weighted by molar-refractivity contribution is 5.98. The topological polar surface area (TPSA) is 78.9 Å². The number of nitrogens with zero attached hydrogens (tertiary/aromatic N) is 1. The molecule has 1 atom stereocenters. The highest BCUT2D eigenvalue weighted by atomic mass is 19.4. The smallest absolute Gasteiger partial charge is 0.416 e. The quantitative estimate of drug-likeness (QED) is 0.555. The Morgan fingerprint density at radius 2 is 1.97 bits per heavy atom. The molecule has 1 heterocycles. The first-order valence-electron chi connectivity index (χ1n) is 11.8. The van der Waals surface area contributed by atoms with E-state index >= 15 is 0 Å². The second kappa shape index (κ2) is 9.89. The highest BCUT2D eigenvalue weighted by Gasteiger charge is 2.37. The predicted octanol–water partition coefficient (Wildman–Crippen LogP) is 4.81. The monoisotopic (exact) mass is 490 g/mol. The van der Waals surface area contributed by atoms with Gasteiger partial charge < -0.3 is 20.1 Å². The summed E-state index contributed by atoms with van der Waals surface area (Å²) in [5.41, 5.74) is 2.69. The molecule has 35 heavy (non-hydrogen) atoms. The summed E-state index contributed by atoms with van der Waals surface area (Å²) in [5.74, 6) is -0.849. The number of anilines is 1. The van der Waals surface area contributed by atoms with E-state index in [1.165, 1.54) is 13.1 Å². The van der Waals surface area contributed by atoms with Crippen molar-refractivity contribution in [3.63, 3.8) is 0 Å². The normalized spacial score (nSPS) is 16.5. The van der Waals surface area contributed by atoms with Gasteiger partial charge in [-0.25, -0.2) is 0 Å². The summed E-state index contributed by atoms with van der Waals surface area (Å²) in [6.07, 6.45) is -1.44. The number of ether oxygens (including phenoxy) is 1. The SMILES string of the molecule is CNC(CC(=O)N1CCc2c1ccc(OCc1ccc(C3CCC3)c(C(F)(F)F)c1)c2C)C(=O)O. The van der Waals surface area contributed by atoms with Crippen molar-refractivity contribution < 1.29 is 32.6 Å². The van der Waals surface area contributed by atoms with Crippen molar-refractivity contribution in [2.24, 2.45) is 0 Å². The minimum atomic E-state index is -4.41. The zero-order valence-corrected chi connectivity index (χ0v) is 19.7. The number of carbonyl (C=O) groups is 2. The van der Waals surface area contributed by atoms with Crippen molar-refractivity contribution in [3.8, 4) is 5.75 Å². The number of carboxylic acids is 1. The lowest BCUT2D eigenvalue weighted by Crippen LogP contribution is -2.40. The molecule has 188 valence electrons. The minimum absolute atomic E-state index is 0.00123. The van der Waals surface area contributed by atoms with Gasteiger partial charge in [-0.05, 0) is 79.6 Å². The van der Waals surface area contributed by atoms with Crippen LogP contribution in [0, 0.1) is 6.92 Å². The van der Waals surface area contributed by atoms with Gasteiger partial charge in [0.05, 0.1) is 12.0 Å². The first kappa shape index (κ1) is 25.0. The van der Waals surface area contributed by atoms with Crippen LogP contribution in [0.15, 0.2) is 30.3 Å². The number of hydrogen-bond donors (Lipinski definition) is 2. The maximum Gasteiger partial charge on any atom is 0.416 e. The Morgan fingerprint density at radius 1 is 1.23 bits per heavy atom. The van der Waals surface area contributed by atoms with E-state index in [2.05, 4.69) is 5.32 Å². The molecule has 0 radical (unpaired) electrons. The van der Waals surface area contributed by atoms with Gasteiger partial charge in [-0.2, -0.15) is 13.2 Å². The third-order valence-electron chi connectivity index (χ3n) is 7.09. The maximum absolute atomic E-state index is 13.7. The lowest BCUT2D eigenvalue weighted by molar-refractivity contribution is -0.141. The molecule has 2 N–H and O–H groups in total. The highest BCUT2D eigenvalue weighted by Crippen LogP contribution is 2.43. The minimum Gasteiger partial charge on any atom is -0.489 e. The summed E-state index contributed by atoms with van der Waals surface area (Å²) in [6, 6.07) is 6.97. The van der Waals surface area contributed by atoms with Crippen LogP contribution in [0.25, 0.3) is 0 Å². The van der Waals surface area contributed by atoms with Crippen LogP contribution in [-0.4, -0.2) is 36.6 Å². The Bertz CT molecular complexity index is 1130. The van der Waals surface area contributed by atoms with Gasteiger partial charge in [0.15, 0.2) is 0 Å². The summed E-state index contributed by atoms with van der Waals surface area (Å²) in [4.78, 5) is 25.5. The number of aliphatic carboxylic acids is 1. The standard InChI is InChI=1S/C26H29F3N2O4/c1-15-18-10-11-31(24(32)13-21(30-2)25(33)34)22(18)8-9-23(15)35-14-16-6-7-19(17-4-3-5-17)20(12-16)26(27,28)29/h6-9,12,17,21,30H,3-5,10-11,13-14H2,1-2H3,(H,33,34). The molecule has 1 fully saturated rings. The number of hydrogen-bond acceptors (Lipinski definition) is 4. The van der Waals surface area contributed by atoms with Crippen molar-refractivity contribution in [2.45, 2.75) is 63.8 Å². The van der Waals surface area contributed by atoms with Gasteiger partial charge in [0.25, 0.3) is 0 Å². The molecule has 0 saturated heterocycles. The number of halogens is 3. The summed E-state index contributed by atoms with van der Waals surface area (Å²) in [7, 11) is 1.50. The molecule has 1 saturated carbocycles. The van der Waals surface area contributed by atoms with Gasteiger partial charge in [0, 0.05) is 12.2 Å². The fraction of sp³-hybridized carbons (Fsp3) is 0.462. The fourth-order valence-electron chi connectivity index (χ4n) is 4.82. The average Bonchev–Trinajstić information content (AvgIpc) is 3.20. The van der Waals surface area contributed by atoms with E-state index in [9.17, 15) is 27.9 Å². The average molecular weight is 491 g/mol. The zero-order chi connectivity index (χ0) is 25.3. The van der Waals surface area contributed by atoms with Crippen LogP contribution >= 0.6 is 0 Å². The van der Waals surface area contributed by atoms with E-state index in [-0.39, 0.29) is 24.9 Å². The van der Waals surface area contributed by atoms with Crippen LogP contribution in [0.2, 0.25) is 0 Å². The van der Waals surface area contributed by atoms with Crippen molar-refractivity contribution >= 4 is 17.6 Å². The van der Waals surface area contributed by atoms with Gasteiger partial charge >= 0.3 is 12.1 Å². The number of nitrogens with one attached hydrogen (secondary N) is 1. The van der Waals surface area contributed by atoms with E-state index in [4.69, 9.17) is 4.74 Å². The molecule has 1 amide bonds. The molecule has 6 nitrogen and oxygen atoms in total. The van der Waals surface area contributed by atoms with E-state index in [0.717, 1.165) is 30.4 Å². The maximum atomic E-state index is 13.7. The number of benzene rings is 2. The number of amides is 1. The van der Waals surface area contributed by atoms with E-state index < -0.39 is 23.8 Å². The van der Waals surface area contributed by atoms with Gasteiger partial charge in [0.1, 0.15) is 18.4 Å². The molecule has 0 spiro atoms. The Morgan fingerprint density at radius 3 is 2.57 bits per heavy atom. The van der Waals surface area contributed by atoms with Crippen LogP contribution in [0.4, 0.5) is 18.9 Å². The van der Waals surface area contributed by atoms with Crippen LogP contribution < -0.4 is 15.0 Å². The Balaban J connectivity index is 1.48. The number of carbonyl (C=O) groups excluding carboxylic acids is 1. The van der Waals surface area contributed by atoms with Gasteiger partial charge in [0.2, 0.25) is 5.91 Å². The number of fused-ring (bicyclic) bond motifs is 1. The second-order valence-electron chi connectivity index (χ2n) is 9.20. The fourth-order valence-corrected chi connectivity index (χ4v) is 4.82. The molecule has 0 bridgehead atoms. The summed E-state index contributed by atoms with van der Waals surface area (Å²) >= 11 is 0. The number of likely N-dealkylation sites (N-methyl/N-ethyl adjacent to an activating group) is 1. The zero-order valence-electron chi connectivity index (χ0n) is 19.7. The summed E-state index contributed by atoms with van der Waals surface area (Å²) in [6.45, 7) is 2.29. The molecule has 9 heteroatoms.